The molecule has 0 bridgehead atoms. The Bertz CT molecular complexity index is 705. The second kappa shape index (κ2) is 6.35. The highest BCUT2D eigenvalue weighted by Crippen LogP contribution is 2.26. The largest absolute Gasteiger partial charge is 0.497 e. The molecule has 1 N–H and O–H groups in total. The Morgan fingerprint density at radius 2 is 2.05 bits per heavy atom. The third-order valence-electron chi connectivity index (χ3n) is 3.50. The van der Waals surface area contributed by atoms with E-state index in [0.29, 0.717) is 0 Å². The second-order valence-electron chi connectivity index (χ2n) is 5.02. The fourth-order valence-electron chi connectivity index (χ4n) is 2.34. The summed E-state index contributed by atoms with van der Waals surface area (Å²) in [5, 5.41) is 2.81. The molecule has 1 heterocycles. The summed E-state index contributed by atoms with van der Waals surface area (Å²) in [5.41, 5.74) is 2.92. The average molecular weight is 295 g/mol. The molecule has 0 saturated carbocycles. The maximum atomic E-state index is 11.9. The number of fused-ring (bicyclic) bond motifs is 1. The molecule has 1 aliphatic heterocycles. The summed E-state index contributed by atoms with van der Waals surface area (Å²) in [6.45, 7) is 0.737. The minimum atomic E-state index is -0.165. The van der Waals surface area contributed by atoms with E-state index in [9.17, 15) is 4.79 Å². The first-order chi connectivity index (χ1) is 10.7. The Kier molecular flexibility index (Phi) is 4.10. The fourth-order valence-corrected chi connectivity index (χ4v) is 2.34. The lowest BCUT2D eigenvalue weighted by Gasteiger charge is -2.04. The summed E-state index contributed by atoms with van der Waals surface area (Å²) in [6.07, 6.45) is 4.26. The van der Waals surface area contributed by atoms with Gasteiger partial charge in [-0.25, -0.2) is 0 Å². The van der Waals surface area contributed by atoms with Gasteiger partial charge in [0.25, 0.3) is 0 Å². The molecule has 1 amide bonds. The van der Waals surface area contributed by atoms with E-state index in [-0.39, 0.29) is 5.91 Å². The summed E-state index contributed by atoms with van der Waals surface area (Å²) in [7, 11) is 1.61. The van der Waals surface area contributed by atoms with Crippen LogP contribution in [0.2, 0.25) is 0 Å². The zero-order chi connectivity index (χ0) is 15.4. The van der Waals surface area contributed by atoms with E-state index < -0.39 is 0 Å². The third kappa shape index (κ3) is 3.28. The molecule has 0 atom stereocenters. The maximum Gasteiger partial charge on any atom is 0.248 e. The van der Waals surface area contributed by atoms with Gasteiger partial charge in [0.05, 0.1) is 13.7 Å². The summed E-state index contributed by atoms with van der Waals surface area (Å²) in [4.78, 5) is 11.9. The Labute approximate surface area is 129 Å². The van der Waals surface area contributed by atoms with Crippen LogP contribution in [0.4, 0.5) is 5.69 Å². The van der Waals surface area contributed by atoms with Crippen LogP contribution in [0.25, 0.3) is 6.08 Å². The van der Waals surface area contributed by atoms with E-state index >= 15 is 0 Å². The molecule has 4 nitrogen and oxygen atoms in total. The number of hydrogen-bond donors (Lipinski definition) is 1. The number of rotatable bonds is 4. The molecular weight excluding hydrogens is 278 g/mol. The molecule has 1 aliphatic rings. The van der Waals surface area contributed by atoms with Crippen molar-refractivity contribution in [2.45, 2.75) is 6.42 Å². The van der Waals surface area contributed by atoms with Gasteiger partial charge in [0, 0.05) is 18.2 Å². The Hall–Kier alpha value is -2.75. The van der Waals surface area contributed by atoms with Gasteiger partial charge in [0.2, 0.25) is 5.91 Å². The van der Waals surface area contributed by atoms with Crippen molar-refractivity contribution < 1.29 is 14.3 Å². The summed E-state index contributed by atoms with van der Waals surface area (Å²) >= 11 is 0. The van der Waals surface area contributed by atoms with Crippen LogP contribution in [-0.2, 0) is 11.2 Å². The maximum absolute atomic E-state index is 11.9. The van der Waals surface area contributed by atoms with Crippen molar-refractivity contribution in [1.29, 1.82) is 0 Å². The van der Waals surface area contributed by atoms with Crippen LogP contribution < -0.4 is 14.8 Å². The molecule has 22 heavy (non-hydrogen) atoms. The number of carbonyl (C=O) groups excluding carboxylic acids is 1. The summed E-state index contributed by atoms with van der Waals surface area (Å²) in [6, 6.07) is 13.2. The first-order valence-corrected chi connectivity index (χ1v) is 7.13. The monoisotopic (exact) mass is 295 g/mol. The van der Waals surface area contributed by atoms with Crippen molar-refractivity contribution in [2.24, 2.45) is 0 Å². The van der Waals surface area contributed by atoms with E-state index in [4.69, 9.17) is 9.47 Å². The first-order valence-electron chi connectivity index (χ1n) is 7.13. The second-order valence-corrected chi connectivity index (χ2v) is 5.02. The topological polar surface area (TPSA) is 47.6 Å². The van der Waals surface area contributed by atoms with Crippen LogP contribution in [0.1, 0.15) is 11.1 Å². The normalized spacial score (nSPS) is 12.8. The Balaban J connectivity index is 1.63. The number of ether oxygens (including phenoxy) is 2. The number of anilines is 1. The van der Waals surface area contributed by atoms with E-state index in [1.54, 1.807) is 37.5 Å². The molecule has 0 spiro atoms. The molecule has 112 valence electrons. The van der Waals surface area contributed by atoms with Gasteiger partial charge in [-0.05, 0) is 53.6 Å². The Morgan fingerprint density at radius 3 is 2.82 bits per heavy atom. The lowest BCUT2D eigenvalue weighted by molar-refractivity contribution is -0.111. The number of methoxy groups -OCH3 is 1. The van der Waals surface area contributed by atoms with E-state index in [2.05, 4.69) is 11.4 Å². The SMILES string of the molecule is COc1ccc(NC(=O)C=Cc2ccc3c(c2)CCO3)cc1. The highest BCUT2D eigenvalue weighted by Gasteiger charge is 2.11. The van der Waals surface area contributed by atoms with Crippen molar-refractivity contribution in [3.63, 3.8) is 0 Å². The van der Waals surface area contributed by atoms with Gasteiger partial charge in [-0.15, -0.1) is 0 Å². The number of amides is 1. The predicted octanol–water partition coefficient (Wildman–Crippen LogP) is 3.28. The lowest BCUT2D eigenvalue weighted by atomic mass is 10.1. The van der Waals surface area contributed by atoms with Crippen molar-refractivity contribution in [3.05, 3.63) is 59.7 Å². The van der Waals surface area contributed by atoms with Crippen LogP contribution in [0.3, 0.4) is 0 Å². The van der Waals surface area contributed by atoms with Gasteiger partial charge in [-0.3, -0.25) is 4.79 Å². The smallest absolute Gasteiger partial charge is 0.248 e. The zero-order valence-electron chi connectivity index (χ0n) is 12.3. The highest BCUT2D eigenvalue weighted by atomic mass is 16.5. The standard InChI is InChI=1S/C18H17NO3/c1-21-16-6-4-15(5-7-16)19-18(20)9-3-13-2-8-17-14(12-13)10-11-22-17/h2-9,12H,10-11H2,1H3,(H,19,20). The summed E-state index contributed by atoms with van der Waals surface area (Å²) in [5.74, 6) is 1.54. The van der Waals surface area contributed by atoms with Gasteiger partial charge in [-0.1, -0.05) is 6.07 Å². The lowest BCUT2D eigenvalue weighted by Crippen LogP contribution is -2.07. The van der Waals surface area contributed by atoms with Crippen LogP contribution in [0.5, 0.6) is 11.5 Å². The third-order valence-corrected chi connectivity index (χ3v) is 3.50. The molecule has 2 aromatic rings. The van der Waals surface area contributed by atoms with E-state index in [1.807, 2.05) is 12.1 Å². The predicted molar refractivity (Wildman–Crippen MR) is 86.3 cm³/mol. The molecular formula is C18H17NO3. The average Bonchev–Trinajstić information content (AvgIpc) is 3.01. The fraction of sp³-hybridized carbons (Fsp3) is 0.167. The van der Waals surface area contributed by atoms with Crippen LogP contribution in [0.15, 0.2) is 48.5 Å². The molecule has 0 fully saturated rings. The molecule has 0 unspecified atom stereocenters. The minimum absolute atomic E-state index is 0.165. The first kappa shape index (κ1) is 14.2. The van der Waals surface area contributed by atoms with Gasteiger partial charge in [0.1, 0.15) is 11.5 Å². The molecule has 0 saturated heterocycles. The molecule has 4 heteroatoms. The minimum Gasteiger partial charge on any atom is -0.497 e. The van der Waals surface area contributed by atoms with Gasteiger partial charge in [-0.2, -0.15) is 0 Å². The number of benzene rings is 2. The number of carbonyl (C=O) groups is 1. The van der Waals surface area contributed by atoms with Crippen LogP contribution >= 0.6 is 0 Å². The van der Waals surface area contributed by atoms with E-state index in [0.717, 1.165) is 35.8 Å². The number of nitrogens with one attached hydrogen (secondary N) is 1. The van der Waals surface area contributed by atoms with Gasteiger partial charge >= 0.3 is 0 Å². The number of hydrogen-bond acceptors (Lipinski definition) is 3. The highest BCUT2D eigenvalue weighted by molar-refractivity contribution is 6.01. The van der Waals surface area contributed by atoms with Crippen LogP contribution in [-0.4, -0.2) is 19.6 Å². The zero-order valence-corrected chi connectivity index (χ0v) is 12.3. The molecule has 0 radical (unpaired) electrons. The quantitative estimate of drug-likeness (QED) is 0.881. The van der Waals surface area contributed by atoms with Crippen LogP contribution in [0, 0.1) is 0 Å². The molecule has 0 aliphatic carbocycles. The van der Waals surface area contributed by atoms with Crippen molar-refractivity contribution >= 4 is 17.7 Å². The molecule has 3 rings (SSSR count). The van der Waals surface area contributed by atoms with Crippen molar-refractivity contribution in [3.8, 4) is 11.5 Å². The van der Waals surface area contributed by atoms with E-state index in [1.165, 1.54) is 11.6 Å². The van der Waals surface area contributed by atoms with Crippen molar-refractivity contribution in [1.82, 2.24) is 0 Å². The molecule has 0 aromatic heterocycles. The van der Waals surface area contributed by atoms with Gasteiger partial charge < -0.3 is 14.8 Å². The van der Waals surface area contributed by atoms with Crippen molar-refractivity contribution in [2.75, 3.05) is 19.0 Å². The Morgan fingerprint density at radius 1 is 1.23 bits per heavy atom. The summed E-state index contributed by atoms with van der Waals surface area (Å²) < 4.78 is 10.5. The molecule has 2 aromatic carbocycles. The van der Waals surface area contributed by atoms with Gasteiger partial charge in [0.15, 0.2) is 0 Å².